The number of phenolic OH excluding ortho intramolecular Hbond substituents is 1. The van der Waals surface area contributed by atoms with Gasteiger partial charge in [0, 0.05) is 6.07 Å². The first-order valence-corrected chi connectivity index (χ1v) is 3.59. The molecule has 1 aromatic rings. The van der Waals surface area contributed by atoms with Crippen molar-refractivity contribution in [2.45, 2.75) is 6.92 Å². The molecule has 0 radical (unpaired) electrons. The van der Waals surface area contributed by atoms with Crippen molar-refractivity contribution in [3.8, 4) is 11.5 Å². The van der Waals surface area contributed by atoms with Gasteiger partial charge in [0.1, 0.15) is 0 Å². The van der Waals surface area contributed by atoms with E-state index in [1.165, 1.54) is 26.2 Å². The van der Waals surface area contributed by atoms with E-state index in [1.807, 2.05) is 0 Å². The number of phenols is 1. The molecule has 0 bridgehead atoms. The molecule has 0 aliphatic carbocycles. The molecule has 0 saturated heterocycles. The van der Waals surface area contributed by atoms with E-state index in [0.29, 0.717) is 5.56 Å². The number of nitrogens with zero attached hydrogens (tertiary/aromatic N) is 1. The summed E-state index contributed by atoms with van der Waals surface area (Å²) in [7, 11) is 1.35. The van der Waals surface area contributed by atoms with Crippen LogP contribution < -0.4 is 4.74 Å². The second kappa shape index (κ2) is 3.30. The quantitative estimate of drug-likeness (QED) is 0.558. The minimum atomic E-state index is -0.517. The molecule has 13 heavy (non-hydrogen) atoms. The van der Waals surface area contributed by atoms with Crippen LogP contribution in [-0.2, 0) is 0 Å². The molecule has 0 aliphatic rings. The molecule has 1 rings (SSSR count). The first-order valence-electron chi connectivity index (χ1n) is 3.59. The smallest absolute Gasteiger partial charge is 0.276 e. The number of rotatable bonds is 2. The number of nitro benzene ring substituents is 1. The maximum atomic E-state index is 10.5. The fraction of sp³-hybridized carbons (Fsp3) is 0.250. The number of nitro groups is 1. The summed E-state index contributed by atoms with van der Waals surface area (Å²) in [5.74, 6) is 0.0554. The number of methoxy groups -OCH3 is 1. The van der Waals surface area contributed by atoms with Gasteiger partial charge in [-0.15, -0.1) is 0 Å². The molecule has 5 heteroatoms. The third kappa shape index (κ3) is 1.53. The second-order valence-corrected chi connectivity index (χ2v) is 2.52. The number of aromatic hydroxyl groups is 1. The Bertz CT molecular complexity index is 348. The standard InChI is InChI=1S/C8H9NO4/c1-5-6(9(11)12)3-4-7(10)8(5)13-2/h3-4,10H,1-2H3. The minimum absolute atomic E-state index is 0.0605. The van der Waals surface area contributed by atoms with Gasteiger partial charge in [0.15, 0.2) is 11.5 Å². The lowest BCUT2D eigenvalue weighted by molar-refractivity contribution is -0.385. The lowest BCUT2D eigenvalue weighted by atomic mass is 10.1. The van der Waals surface area contributed by atoms with E-state index < -0.39 is 4.92 Å². The summed E-state index contributed by atoms with van der Waals surface area (Å²) < 4.78 is 4.81. The van der Waals surface area contributed by atoms with Crippen molar-refractivity contribution < 1.29 is 14.8 Å². The van der Waals surface area contributed by atoms with Gasteiger partial charge in [-0.3, -0.25) is 10.1 Å². The Morgan fingerprint density at radius 2 is 2.15 bits per heavy atom. The maximum Gasteiger partial charge on any atom is 0.276 e. The predicted molar refractivity (Wildman–Crippen MR) is 46.1 cm³/mol. The Labute approximate surface area is 74.7 Å². The second-order valence-electron chi connectivity index (χ2n) is 2.52. The van der Waals surface area contributed by atoms with Gasteiger partial charge >= 0.3 is 0 Å². The van der Waals surface area contributed by atoms with Crippen LogP contribution in [0.25, 0.3) is 0 Å². The van der Waals surface area contributed by atoms with Crippen molar-refractivity contribution in [3.63, 3.8) is 0 Å². The third-order valence-corrected chi connectivity index (χ3v) is 1.76. The molecule has 1 N–H and O–H groups in total. The van der Waals surface area contributed by atoms with Crippen molar-refractivity contribution >= 4 is 5.69 Å². The Kier molecular flexibility index (Phi) is 2.36. The highest BCUT2D eigenvalue weighted by molar-refractivity contribution is 5.55. The predicted octanol–water partition coefficient (Wildman–Crippen LogP) is 1.62. The van der Waals surface area contributed by atoms with Crippen LogP contribution in [0.15, 0.2) is 12.1 Å². The van der Waals surface area contributed by atoms with Crippen LogP contribution in [0.3, 0.4) is 0 Å². The van der Waals surface area contributed by atoms with Crippen LogP contribution >= 0.6 is 0 Å². The Morgan fingerprint density at radius 3 is 2.62 bits per heavy atom. The summed E-state index contributed by atoms with van der Waals surface area (Å²) in [6.45, 7) is 1.52. The van der Waals surface area contributed by atoms with Gasteiger partial charge in [-0.05, 0) is 13.0 Å². The van der Waals surface area contributed by atoms with Crippen LogP contribution in [0.2, 0.25) is 0 Å². The van der Waals surface area contributed by atoms with Gasteiger partial charge in [0.25, 0.3) is 5.69 Å². The fourth-order valence-electron chi connectivity index (χ4n) is 1.12. The highest BCUT2D eigenvalue weighted by atomic mass is 16.6. The molecule has 0 aliphatic heterocycles. The topological polar surface area (TPSA) is 72.6 Å². The molecule has 0 amide bonds. The Hall–Kier alpha value is -1.78. The summed E-state index contributed by atoms with van der Waals surface area (Å²) >= 11 is 0. The largest absolute Gasteiger partial charge is 0.504 e. The molecule has 0 fully saturated rings. The van der Waals surface area contributed by atoms with Crippen molar-refractivity contribution in [3.05, 3.63) is 27.8 Å². The number of hydrogen-bond acceptors (Lipinski definition) is 4. The van der Waals surface area contributed by atoms with Crippen LogP contribution in [0.4, 0.5) is 5.69 Å². The zero-order chi connectivity index (χ0) is 10.0. The Morgan fingerprint density at radius 1 is 1.54 bits per heavy atom. The molecule has 0 unspecified atom stereocenters. The molecule has 70 valence electrons. The molecular formula is C8H9NO4. The van der Waals surface area contributed by atoms with E-state index in [4.69, 9.17) is 4.74 Å². The molecule has 0 saturated carbocycles. The van der Waals surface area contributed by atoms with Gasteiger partial charge in [-0.2, -0.15) is 0 Å². The third-order valence-electron chi connectivity index (χ3n) is 1.76. The lowest BCUT2D eigenvalue weighted by Gasteiger charge is -2.06. The highest BCUT2D eigenvalue weighted by Crippen LogP contribution is 2.35. The first-order chi connectivity index (χ1) is 6.07. The molecule has 1 aromatic carbocycles. The normalized spacial score (nSPS) is 9.69. The zero-order valence-corrected chi connectivity index (χ0v) is 7.27. The number of ether oxygens (including phenoxy) is 1. The van der Waals surface area contributed by atoms with E-state index in [-0.39, 0.29) is 17.2 Å². The van der Waals surface area contributed by atoms with Crippen molar-refractivity contribution in [1.82, 2.24) is 0 Å². The minimum Gasteiger partial charge on any atom is -0.504 e. The SMILES string of the molecule is COc1c(O)ccc([N+](=O)[O-])c1C. The van der Waals surface area contributed by atoms with E-state index in [9.17, 15) is 15.2 Å². The maximum absolute atomic E-state index is 10.5. The molecule has 0 aromatic heterocycles. The van der Waals surface area contributed by atoms with Crippen LogP contribution in [-0.4, -0.2) is 17.1 Å². The fourth-order valence-corrected chi connectivity index (χ4v) is 1.12. The summed E-state index contributed by atoms with van der Waals surface area (Å²) in [6, 6.07) is 2.48. The Balaban J connectivity index is 3.35. The summed E-state index contributed by atoms with van der Waals surface area (Å²) in [6.07, 6.45) is 0. The number of hydrogen-bond donors (Lipinski definition) is 1. The molecule has 0 atom stereocenters. The zero-order valence-electron chi connectivity index (χ0n) is 7.27. The van der Waals surface area contributed by atoms with E-state index in [1.54, 1.807) is 0 Å². The average Bonchev–Trinajstić information content (AvgIpc) is 2.04. The van der Waals surface area contributed by atoms with E-state index in [0.717, 1.165) is 0 Å². The van der Waals surface area contributed by atoms with Gasteiger partial charge in [-0.1, -0.05) is 0 Å². The molecular weight excluding hydrogens is 174 g/mol. The van der Waals surface area contributed by atoms with Crippen molar-refractivity contribution in [1.29, 1.82) is 0 Å². The van der Waals surface area contributed by atoms with E-state index >= 15 is 0 Å². The molecule has 5 nitrogen and oxygen atoms in total. The number of benzene rings is 1. The van der Waals surface area contributed by atoms with Crippen LogP contribution in [0.1, 0.15) is 5.56 Å². The van der Waals surface area contributed by atoms with Crippen molar-refractivity contribution in [2.75, 3.05) is 7.11 Å². The van der Waals surface area contributed by atoms with E-state index in [2.05, 4.69) is 0 Å². The lowest BCUT2D eigenvalue weighted by Crippen LogP contribution is -1.95. The van der Waals surface area contributed by atoms with Crippen molar-refractivity contribution in [2.24, 2.45) is 0 Å². The molecule has 0 spiro atoms. The first kappa shape index (κ1) is 9.31. The summed E-state index contributed by atoms with van der Waals surface area (Å²) in [4.78, 5) is 9.95. The van der Waals surface area contributed by atoms with Gasteiger partial charge in [-0.25, -0.2) is 0 Å². The highest BCUT2D eigenvalue weighted by Gasteiger charge is 2.17. The molecule has 0 heterocycles. The average molecular weight is 183 g/mol. The summed E-state index contributed by atoms with van der Waals surface area (Å²) in [5, 5.41) is 19.7. The van der Waals surface area contributed by atoms with Gasteiger partial charge in [0.2, 0.25) is 0 Å². The van der Waals surface area contributed by atoms with Gasteiger partial charge < -0.3 is 9.84 Å². The monoisotopic (exact) mass is 183 g/mol. The van der Waals surface area contributed by atoms with Gasteiger partial charge in [0.05, 0.1) is 17.6 Å². The van der Waals surface area contributed by atoms with Crippen LogP contribution in [0.5, 0.6) is 11.5 Å². The summed E-state index contributed by atoms with van der Waals surface area (Å²) in [5.41, 5.74) is 0.266. The van der Waals surface area contributed by atoms with Crippen LogP contribution in [0, 0.1) is 17.0 Å².